The molecule has 2 aromatic rings. The van der Waals surface area contributed by atoms with Gasteiger partial charge in [0.25, 0.3) is 5.91 Å². The molecule has 1 amide bonds. The zero-order valence-electron chi connectivity index (χ0n) is 13.2. The molecule has 1 aromatic carbocycles. The quantitative estimate of drug-likeness (QED) is 0.810. The van der Waals surface area contributed by atoms with Gasteiger partial charge in [0.15, 0.2) is 0 Å². The molecule has 23 heavy (non-hydrogen) atoms. The molecule has 0 aliphatic carbocycles. The summed E-state index contributed by atoms with van der Waals surface area (Å²) in [6, 6.07) is 7.84. The van der Waals surface area contributed by atoms with Crippen molar-refractivity contribution in [1.29, 1.82) is 0 Å². The zero-order chi connectivity index (χ0) is 16.7. The van der Waals surface area contributed by atoms with E-state index in [1.54, 1.807) is 18.2 Å². The molecule has 2 rings (SSSR count). The number of hydrogen-bond donors (Lipinski definition) is 2. The Labute approximate surface area is 134 Å². The van der Waals surface area contributed by atoms with E-state index in [0.717, 1.165) is 6.54 Å². The van der Waals surface area contributed by atoms with Gasteiger partial charge in [-0.3, -0.25) is 4.79 Å². The normalized spacial score (nSPS) is 10.6. The molecule has 0 bridgehead atoms. The van der Waals surface area contributed by atoms with Crippen LogP contribution in [0.3, 0.4) is 0 Å². The van der Waals surface area contributed by atoms with Gasteiger partial charge in [-0.1, -0.05) is 18.2 Å². The highest BCUT2D eigenvalue weighted by molar-refractivity contribution is 5.92. The highest BCUT2D eigenvalue weighted by Crippen LogP contribution is 2.06. The van der Waals surface area contributed by atoms with Crippen LogP contribution in [0.4, 0.5) is 10.3 Å². The van der Waals surface area contributed by atoms with Crippen molar-refractivity contribution >= 4 is 11.9 Å². The zero-order valence-corrected chi connectivity index (χ0v) is 13.2. The number of anilines is 1. The number of nitrogens with zero attached hydrogens (tertiary/aromatic N) is 3. The van der Waals surface area contributed by atoms with Crippen LogP contribution in [0.5, 0.6) is 0 Å². The largest absolute Gasteiger partial charge is 0.353 e. The van der Waals surface area contributed by atoms with Crippen LogP contribution in [0.25, 0.3) is 0 Å². The minimum Gasteiger partial charge on any atom is -0.353 e. The van der Waals surface area contributed by atoms with E-state index in [-0.39, 0.29) is 24.0 Å². The van der Waals surface area contributed by atoms with Crippen LogP contribution in [0, 0.1) is 5.82 Å². The standard InChI is InChI=1S/C16H20FN5O/c1-22(2)10-9-19-16-18-8-7-14(21-16)15(23)20-11-12-5-3-4-6-13(12)17/h3-8H,9-11H2,1-2H3,(H,20,23)(H,18,19,21). The fourth-order valence-electron chi connectivity index (χ4n) is 1.87. The monoisotopic (exact) mass is 317 g/mol. The number of carbonyl (C=O) groups is 1. The maximum atomic E-state index is 13.5. The summed E-state index contributed by atoms with van der Waals surface area (Å²) in [5.74, 6) is -0.321. The van der Waals surface area contributed by atoms with Crippen molar-refractivity contribution in [2.75, 3.05) is 32.5 Å². The molecule has 0 radical (unpaired) electrons. The lowest BCUT2D eigenvalue weighted by atomic mass is 10.2. The molecule has 2 N–H and O–H groups in total. The summed E-state index contributed by atoms with van der Waals surface area (Å²) in [7, 11) is 3.93. The van der Waals surface area contributed by atoms with Gasteiger partial charge in [0.2, 0.25) is 5.95 Å². The van der Waals surface area contributed by atoms with E-state index in [9.17, 15) is 9.18 Å². The van der Waals surface area contributed by atoms with Crippen LogP contribution in [-0.4, -0.2) is 48.0 Å². The summed E-state index contributed by atoms with van der Waals surface area (Å²) in [6.07, 6.45) is 1.52. The Kier molecular flexibility index (Phi) is 5.99. The summed E-state index contributed by atoms with van der Waals surface area (Å²) in [4.78, 5) is 22.4. The predicted octanol–water partition coefficient (Wildman–Crippen LogP) is 1.52. The first kappa shape index (κ1) is 16.8. The first-order valence-electron chi connectivity index (χ1n) is 7.29. The molecular formula is C16H20FN5O. The van der Waals surface area contributed by atoms with E-state index in [1.165, 1.54) is 18.3 Å². The van der Waals surface area contributed by atoms with Gasteiger partial charge in [0.05, 0.1) is 0 Å². The summed E-state index contributed by atoms with van der Waals surface area (Å²) in [5.41, 5.74) is 0.669. The molecule has 122 valence electrons. The van der Waals surface area contributed by atoms with E-state index < -0.39 is 0 Å². The second-order valence-corrected chi connectivity index (χ2v) is 5.27. The first-order chi connectivity index (χ1) is 11.1. The minimum atomic E-state index is -0.369. The molecule has 0 atom stereocenters. The van der Waals surface area contributed by atoms with Crippen LogP contribution in [0.2, 0.25) is 0 Å². The van der Waals surface area contributed by atoms with E-state index in [0.29, 0.717) is 18.1 Å². The van der Waals surface area contributed by atoms with Gasteiger partial charge in [-0.15, -0.1) is 0 Å². The van der Waals surface area contributed by atoms with Crippen LogP contribution in [0.15, 0.2) is 36.5 Å². The second kappa shape index (κ2) is 8.19. The molecule has 0 unspecified atom stereocenters. The van der Waals surface area contributed by atoms with Gasteiger partial charge in [0, 0.05) is 31.4 Å². The van der Waals surface area contributed by atoms with Gasteiger partial charge in [-0.2, -0.15) is 0 Å². The molecule has 0 saturated carbocycles. The van der Waals surface area contributed by atoms with Gasteiger partial charge in [-0.25, -0.2) is 14.4 Å². The summed E-state index contributed by atoms with van der Waals surface area (Å²) >= 11 is 0. The van der Waals surface area contributed by atoms with Crippen molar-refractivity contribution < 1.29 is 9.18 Å². The minimum absolute atomic E-state index is 0.110. The van der Waals surface area contributed by atoms with Gasteiger partial charge in [0.1, 0.15) is 11.5 Å². The molecule has 0 spiro atoms. The smallest absolute Gasteiger partial charge is 0.270 e. The van der Waals surface area contributed by atoms with Crippen LogP contribution >= 0.6 is 0 Å². The molecule has 1 heterocycles. The number of rotatable bonds is 7. The number of nitrogens with one attached hydrogen (secondary N) is 2. The SMILES string of the molecule is CN(C)CCNc1nccc(C(=O)NCc2ccccc2F)n1. The van der Waals surface area contributed by atoms with Gasteiger partial charge < -0.3 is 15.5 Å². The third kappa shape index (κ3) is 5.30. The highest BCUT2D eigenvalue weighted by atomic mass is 19.1. The van der Waals surface area contributed by atoms with Crippen molar-refractivity contribution in [2.24, 2.45) is 0 Å². The number of likely N-dealkylation sites (N-methyl/N-ethyl adjacent to an activating group) is 1. The van der Waals surface area contributed by atoms with Crippen LogP contribution in [-0.2, 0) is 6.54 Å². The fourth-order valence-corrected chi connectivity index (χ4v) is 1.87. The number of halogens is 1. The Bertz CT molecular complexity index is 662. The topological polar surface area (TPSA) is 70.2 Å². The van der Waals surface area contributed by atoms with Gasteiger partial charge in [-0.05, 0) is 26.2 Å². The molecule has 6 nitrogen and oxygen atoms in total. The Morgan fingerprint density at radius 3 is 2.78 bits per heavy atom. The Balaban J connectivity index is 1.93. The molecule has 0 aliphatic rings. The molecule has 0 fully saturated rings. The Morgan fingerprint density at radius 1 is 1.26 bits per heavy atom. The maximum Gasteiger partial charge on any atom is 0.270 e. The fraction of sp³-hybridized carbons (Fsp3) is 0.312. The van der Waals surface area contributed by atoms with E-state index >= 15 is 0 Å². The number of benzene rings is 1. The lowest BCUT2D eigenvalue weighted by molar-refractivity contribution is 0.0945. The maximum absolute atomic E-state index is 13.5. The predicted molar refractivity (Wildman–Crippen MR) is 86.6 cm³/mol. The average Bonchev–Trinajstić information content (AvgIpc) is 2.54. The van der Waals surface area contributed by atoms with E-state index in [4.69, 9.17) is 0 Å². The van der Waals surface area contributed by atoms with E-state index in [1.807, 2.05) is 19.0 Å². The van der Waals surface area contributed by atoms with Crippen molar-refractivity contribution in [3.05, 3.63) is 53.6 Å². The van der Waals surface area contributed by atoms with E-state index in [2.05, 4.69) is 20.6 Å². The second-order valence-electron chi connectivity index (χ2n) is 5.27. The molecule has 7 heteroatoms. The van der Waals surface area contributed by atoms with Crippen LogP contribution in [0.1, 0.15) is 16.1 Å². The lowest BCUT2D eigenvalue weighted by Crippen LogP contribution is -2.25. The Morgan fingerprint density at radius 2 is 2.04 bits per heavy atom. The Hall–Kier alpha value is -2.54. The molecule has 0 aliphatic heterocycles. The number of amides is 1. The van der Waals surface area contributed by atoms with Crippen molar-refractivity contribution in [3.63, 3.8) is 0 Å². The van der Waals surface area contributed by atoms with Crippen molar-refractivity contribution in [3.8, 4) is 0 Å². The van der Waals surface area contributed by atoms with Crippen molar-refractivity contribution in [2.45, 2.75) is 6.54 Å². The highest BCUT2D eigenvalue weighted by Gasteiger charge is 2.09. The number of aromatic nitrogens is 2. The summed E-state index contributed by atoms with van der Waals surface area (Å²) in [6.45, 7) is 1.61. The van der Waals surface area contributed by atoms with Crippen LogP contribution < -0.4 is 10.6 Å². The molecular weight excluding hydrogens is 297 g/mol. The average molecular weight is 317 g/mol. The first-order valence-corrected chi connectivity index (χ1v) is 7.29. The number of hydrogen-bond acceptors (Lipinski definition) is 5. The summed E-state index contributed by atoms with van der Waals surface area (Å²) < 4.78 is 13.5. The molecule has 1 aromatic heterocycles. The third-order valence-corrected chi connectivity index (χ3v) is 3.13. The third-order valence-electron chi connectivity index (χ3n) is 3.13. The number of carbonyl (C=O) groups excluding carboxylic acids is 1. The molecule has 0 saturated heterocycles. The summed E-state index contributed by atoms with van der Waals surface area (Å²) in [5, 5.41) is 5.70. The van der Waals surface area contributed by atoms with Crippen molar-refractivity contribution in [1.82, 2.24) is 20.2 Å². The van der Waals surface area contributed by atoms with Gasteiger partial charge >= 0.3 is 0 Å². The lowest BCUT2D eigenvalue weighted by Gasteiger charge is -2.11.